The Morgan fingerprint density at radius 2 is 1.02 bits per heavy atom. The Labute approximate surface area is 508 Å². The maximum absolute atomic E-state index is 10.5. The predicted octanol–water partition coefficient (Wildman–Crippen LogP) is 18.9. The van der Waals surface area contributed by atoms with E-state index in [1.54, 1.807) is 89.5 Å². The average molecular weight is 1060 g/mol. The molecule has 3 aromatic heterocycles. The van der Waals surface area contributed by atoms with E-state index < -0.39 is 220 Å². The van der Waals surface area contributed by atoms with Crippen LogP contribution in [0.15, 0.2) is 272 Å². The minimum Gasteiger partial charge on any atom is -0.458 e. The number of ether oxygens (including phenoxy) is 1. The van der Waals surface area contributed by atoms with Gasteiger partial charge in [-0.2, -0.15) is 0 Å². The fraction of sp³-hybridized carbons (Fsp3) is 0.0400. The fourth-order valence-electron chi connectivity index (χ4n) is 9.60. The molecule has 5 nitrogen and oxygen atoms in total. The lowest BCUT2D eigenvalue weighted by atomic mass is 9.88. The SMILES string of the molecule is [2H]c1nc(-n2c3ccccc3c3ccc(Oc4cccc(-n5[c-][n+](-c6c(-c7c([2H])c(-c8c([2H])c([2H])c([2H])c([2H])c8[2H])c([2H])c(-c8c([2H])c([2H])c([2H])c([2H])c8[2H])c7[2H])cccc6-c6c([2H])c(-c7c([2H])c([2H])c([2H])c([2H])c7[2H])c([2H])c(-c7c([2H])c([2H])c([2H])c(C)c7[2H])c6[2H])c6ccccc65)c4)cc32)c([2H])c(C([2H])([2H])[2H])c1C. The van der Waals surface area contributed by atoms with E-state index in [4.69, 9.17) is 25.3 Å². The second-order valence-electron chi connectivity index (χ2n) is 18.3. The van der Waals surface area contributed by atoms with E-state index in [2.05, 4.69) is 11.3 Å². The summed E-state index contributed by atoms with van der Waals surface area (Å²) in [6.45, 7) is -0.0779. The standard InChI is InChI=1S/C75H54N4O/c1-50-20-17-27-56(38-50)60-41-59(55-25-11-6-12-26-55)44-62(45-60)67-32-19-31-66(61-42-57(53-21-7-4-8-22-53)40-58(43-61)54-23-9-5-10-24-54)75(67)78-49-77(71-34-15-16-35-72(71)78)63-28-18-29-64(46-63)80-65-36-37-69-68-30-13-14-33-70(68)79(73(69)47-65)74-39-51(2)52(3)48-76-74/h4-48H,1-3H3/i2D3,4D,5D,6D,7D,8D,9D,10D,11D,12D,17D,20D,21D,22D,23D,24D,25D,26D,27D,38D,39D,40D,41D,42D,43D,44D,45D,48D. The summed E-state index contributed by atoms with van der Waals surface area (Å²) in [5.74, 6) is 0.273. The molecule has 0 spiro atoms. The Hall–Kier alpha value is -10.4. The summed E-state index contributed by atoms with van der Waals surface area (Å²) in [6.07, 6.45) is 3.00. The van der Waals surface area contributed by atoms with Crippen LogP contribution in [0.4, 0.5) is 0 Å². The van der Waals surface area contributed by atoms with Gasteiger partial charge >= 0.3 is 0 Å². The molecular weight excluding hydrogens is 973 g/mol. The number of hydrogen-bond donors (Lipinski definition) is 0. The van der Waals surface area contributed by atoms with Crippen molar-refractivity contribution in [3.63, 3.8) is 0 Å². The number of pyridine rings is 1. The molecule has 0 saturated carbocycles. The smallest absolute Gasteiger partial charge is 0.269 e. The van der Waals surface area contributed by atoms with E-state index in [1.807, 2.05) is 6.07 Å². The van der Waals surface area contributed by atoms with Gasteiger partial charge in [-0.15, -0.1) is 0 Å². The van der Waals surface area contributed by atoms with Gasteiger partial charge in [-0.25, -0.2) is 4.98 Å². The zero-order valence-electron chi connectivity index (χ0n) is 72.1. The number of hydrogen-bond acceptors (Lipinski definition) is 2. The lowest BCUT2D eigenvalue weighted by molar-refractivity contribution is -0.571. The largest absolute Gasteiger partial charge is 0.458 e. The summed E-state index contributed by atoms with van der Waals surface area (Å²) in [6, 6.07) is 6.29. The maximum Gasteiger partial charge on any atom is 0.269 e. The van der Waals surface area contributed by atoms with Crippen LogP contribution in [0.5, 0.6) is 11.5 Å². The number of rotatable bonds is 11. The Morgan fingerprint density at radius 1 is 0.463 bits per heavy atom. The third-order valence-electron chi connectivity index (χ3n) is 13.2. The molecule has 380 valence electrons. The van der Waals surface area contributed by atoms with Crippen LogP contribution in [-0.2, 0) is 0 Å². The molecule has 0 aliphatic heterocycles. The highest BCUT2D eigenvalue weighted by Crippen LogP contribution is 2.42. The zero-order valence-corrected chi connectivity index (χ0v) is 42.1. The van der Waals surface area contributed by atoms with Crippen LogP contribution in [0.25, 0.3) is 117 Å². The van der Waals surface area contributed by atoms with E-state index in [0.29, 0.717) is 21.8 Å². The third kappa shape index (κ3) is 8.91. The van der Waals surface area contributed by atoms with Crippen molar-refractivity contribution in [1.82, 2.24) is 14.1 Å². The molecular formula is C75H54N4O. The summed E-state index contributed by atoms with van der Waals surface area (Å²) in [4.78, 5) is 4.46. The van der Waals surface area contributed by atoms with Gasteiger partial charge in [-0.05, 0) is 177 Å². The summed E-state index contributed by atoms with van der Waals surface area (Å²) < 4.78 is 287. The molecule has 0 unspecified atom stereocenters. The maximum atomic E-state index is 10.5. The van der Waals surface area contributed by atoms with Crippen LogP contribution < -0.4 is 9.30 Å². The first-order valence-electron chi connectivity index (χ1n) is 39.8. The molecule has 11 aromatic carbocycles. The lowest BCUT2D eigenvalue weighted by Crippen LogP contribution is -2.31. The van der Waals surface area contributed by atoms with Crippen molar-refractivity contribution < 1.29 is 50.4 Å². The van der Waals surface area contributed by atoms with Gasteiger partial charge in [0.1, 0.15) is 17.3 Å². The quantitative estimate of drug-likeness (QED) is 0.0956. The number of aromatic nitrogens is 4. The van der Waals surface area contributed by atoms with Gasteiger partial charge in [0.15, 0.2) is 0 Å². The summed E-state index contributed by atoms with van der Waals surface area (Å²) >= 11 is 0. The van der Waals surface area contributed by atoms with Gasteiger partial charge in [0.25, 0.3) is 6.33 Å². The average Bonchev–Trinajstić information content (AvgIpc) is 1.13. The first kappa shape index (κ1) is 25.9. The summed E-state index contributed by atoms with van der Waals surface area (Å²) in [5.41, 5.74) is -7.28. The van der Waals surface area contributed by atoms with E-state index in [-0.39, 0.29) is 73.7 Å². The molecule has 0 radical (unpaired) electrons. The van der Waals surface area contributed by atoms with Crippen LogP contribution in [0.2, 0.25) is 0 Å². The van der Waals surface area contributed by atoms with Gasteiger partial charge in [-0.1, -0.05) is 187 Å². The molecule has 0 bridgehead atoms. The summed E-state index contributed by atoms with van der Waals surface area (Å²) in [7, 11) is 0. The van der Waals surface area contributed by atoms with Crippen molar-refractivity contribution in [2.45, 2.75) is 20.7 Å². The van der Waals surface area contributed by atoms with E-state index in [1.165, 1.54) is 41.2 Å². The Bertz CT molecular complexity index is 5910. The van der Waals surface area contributed by atoms with Crippen molar-refractivity contribution in [3.05, 3.63) is 295 Å². The third-order valence-corrected chi connectivity index (χ3v) is 13.2. The van der Waals surface area contributed by atoms with Crippen molar-refractivity contribution in [2.24, 2.45) is 0 Å². The molecule has 0 amide bonds. The molecule has 80 heavy (non-hydrogen) atoms. The molecule has 0 aliphatic rings. The van der Waals surface area contributed by atoms with E-state index >= 15 is 0 Å². The topological polar surface area (TPSA) is 35.9 Å². The Balaban J connectivity index is 1.10. The van der Waals surface area contributed by atoms with Gasteiger partial charge < -0.3 is 4.74 Å². The van der Waals surface area contributed by atoms with Gasteiger partial charge in [0, 0.05) is 27.1 Å². The Kier molecular flexibility index (Phi) is 6.53. The zero-order chi connectivity index (χ0) is 79.7. The van der Waals surface area contributed by atoms with E-state index in [9.17, 15) is 20.6 Å². The molecule has 3 heterocycles. The number of para-hydroxylation sites is 4. The molecule has 0 N–H and O–H groups in total. The minimum atomic E-state index is -2.79. The molecule has 0 fully saturated rings. The van der Waals surface area contributed by atoms with Crippen LogP contribution in [0.3, 0.4) is 0 Å². The fourth-order valence-corrected chi connectivity index (χ4v) is 9.60. The Morgan fingerprint density at radius 3 is 1.69 bits per heavy atom. The second kappa shape index (κ2) is 20.2. The number of fused-ring (bicyclic) bond motifs is 4. The van der Waals surface area contributed by atoms with Crippen LogP contribution in [-0.4, -0.2) is 14.1 Å². The molecule has 5 heteroatoms. The predicted molar refractivity (Wildman–Crippen MR) is 329 cm³/mol. The van der Waals surface area contributed by atoms with Gasteiger partial charge in [0.2, 0.25) is 0 Å². The monoisotopic (exact) mass is 1060 g/mol. The van der Waals surface area contributed by atoms with Crippen molar-refractivity contribution in [2.75, 3.05) is 0 Å². The molecule has 0 atom stereocenters. The first-order valence-corrected chi connectivity index (χ1v) is 24.8. The first-order chi connectivity index (χ1) is 51.9. The number of imidazole rings is 1. The normalized spacial score (nSPS) is 16.9. The number of benzene rings is 11. The van der Waals surface area contributed by atoms with Crippen molar-refractivity contribution in [3.8, 4) is 95.5 Å². The molecule has 0 aliphatic carbocycles. The molecule has 0 saturated heterocycles. The van der Waals surface area contributed by atoms with Crippen molar-refractivity contribution >= 4 is 32.8 Å². The highest BCUT2D eigenvalue weighted by Gasteiger charge is 2.23. The summed E-state index contributed by atoms with van der Waals surface area (Å²) in [5, 5.41) is 1.35. The van der Waals surface area contributed by atoms with Crippen LogP contribution >= 0.6 is 0 Å². The second-order valence-corrected chi connectivity index (χ2v) is 18.3. The molecule has 14 aromatic rings. The number of nitrogens with zero attached hydrogens (tertiary/aromatic N) is 4. The molecule has 14 rings (SSSR count). The van der Waals surface area contributed by atoms with E-state index in [0.717, 1.165) is 0 Å². The van der Waals surface area contributed by atoms with Crippen LogP contribution in [0, 0.1) is 27.0 Å². The van der Waals surface area contributed by atoms with Crippen LogP contribution in [0.1, 0.15) is 57.8 Å². The van der Waals surface area contributed by atoms with Gasteiger partial charge in [-0.3, -0.25) is 13.7 Å². The highest BCUT2D eigenvalue weighted by molar-refractivity contribution is 6.09. The van der Waals surface area contributed by atoms with Gasteiger partial charge in [0.05, 0.1) is 70.5 Å². The highest BCUT2D eigenvalue weighted by atomic mass is 16.5. The van der Waals surface area contributed by atoms with Crippen molar-refractivity contribution in [1.29, 1.82) is 0 Å². The minimum absolute atomic E-state index is 0.0187. The lowest BCUT2D eigenvalue weighted by Gasteiger charge is -2.20.